The molecule has 0 saturated carbocycles. The Hall–Kier alpha value is -2.22. The van der Waals surface area contributed by atoms with E-state index in [4.69, 9.17) is 32.7 Å². The number of ether oxygens (including phenoxy) is 2. The van der Waals surface area contributed by atoms with Crippen LogP contribution in [0.15, 0.2) is 60.7 Å². The zero-order valence-corrected chi connectivity index (χ0v) is 22.0. The number of nitrogens with one attached hydrogen (secondary N) is 1. The summed E-state index contributed by atoms with van der Waals surface area (Å²) in [5, 5.41) is 15.2. The summed E-state index contributed by atoms with van der Waals surface area (Å²) in [6.07, 6.45) is 0.956. The third-order valence-electron chi connectivity index (χ3n) is 5.37. The Balaban J connectivity index is 0.00000324. The van der Waals surface area contributed by atoms with E-state index in [9.17, 15) is 14.7 Å². The van der Waals surface area contributed by atoms with E-state index in [-0.39, 0.29) is 47.1 Å². The fraction of sp³-hybridized carbons (Fsp3) is 0.200. The van der Waals surface area contributed by atoms with Gasteiger partial charge in [0, 0.05) is 40.6 Å². The van der Waals surface area contributed by atoms with E-state index in [0.717, 1.165) is 5.56 Å². The summed E-state index contributed by atoms with van der Waals surface area (Å²) in [4.78, 5) is 23.8. The number of hydrogen-bond donors (Lipinski definition) is 1. The number of halogens is 2. The molecular weight excluding hydrogens is 488 g/mol. The maximum atomic E-state index is 12.4. The van der Waals surface area contributed by atoms with Crippen molar-refractivity contribution in [3.63, 3.8) is 0 Å². The summed E-state index contributed by atoms with van der Waals surface area (Å²) < 4.78 is 11.4. The van der Waals surface area contributed by atoms with Crippen LogP contribution in [-0.4, -0.2) is 25.0 Å². The second kappa shape index (κ2) is 12.0. The minimum atomic E-state index is -1.16. The first kappa shape index (κ1) is 26.4. The van der Waals surface area contributed by atoms with E-state index in [0.29, 0.717) is 52.8 Å². The second-order valence-corrected chi connectivity index (χ2v) is 8.37. The molecule has 1 atom stereocenters. The summed E-state index contributed by atoms with van der Waals surface area (Å²) in [5.74, 6) is -0.935. The van der Waals surface area contributed by atoms with Gasteiger partial charge in [0.1, 0.15) is 17.2 Å². The van der Waals surface area contributed by atoms with Crippen molar-refractivity contribution in [1.29, 1.82) is 0 Å². The molecule has 0 spiro atoms. The predicted molar refractivity (Wildman–Crippen MR) is 123 cm³/mol. The van der Waals surface area contributed by atoms with E-state index in [1.807, 2.05) is 24.3 Å². The molecule has 1 heterocycles. The number of amides is 1. The van der Waals surface area contributed by atoms with Crippen molar-refractivity contribution in [3.8, 4) is 17.2 Å². The van der Waals surface area contributed by atoms with Crippen molar-refractivity contribution in [2.45, 2.75) is 18.8 Å². The number of rotatable bonds is 7. The summed E-state index contributed by atoms with van der Waals surface area (Å²) in [7, 11) is 0. The predicted octanol–water partition coefficient (Wildman–Crippen LogP) is 1.38. The smallest absolute Gasteiger partial charge is 0.549 e. The molecule has 1 aliphatic heterocycles. The topological polar surface area (TPSA) is 87.7 Å². The molecule has 9 heteroatoms. The number of aliphatic carboxylic acids is 1. The average molecular weight is 508 g/mol. The molecule has 0 radical (unpaired) electrons. The Kier molecular flexibility index (Phi) is 9.28. The third-order valence-corrected chi connectivity index (χ3v) is 6.03. The molecule has 0 aromatic heterocycles. The van der Waals surface area contributed by atoms with Crippen LogP contribution in [0.3, 0.4) is 0 Å². The van der Waals surface area contributed by atoms with Crippen LogP contribution < -0.4 is 49.5 Å². The fourth-order valence-corrected chi connectivity index (χ4v) is 4.07. The van der Waals surface area contributed by atoms with Gasteiger partial charge in [-0.1, -0.05) is 41.4 Å². The SMILES string of the molecule is O=C(NCCc1ccccc1Cl)c1ccc(Oc2cc3c(cc2Cl)C(C(=O)[O-])CCO3)cc1.[Na+]. The minimum absolute atomic E-state index is 0. The molecule has 1 aliphatic rings. The molecule has 4 rings (SSSR count). The van der Waals surface area contributed by atoms with E-state index in [1.54, 1.807) is 30.3 Å². The van der Waals surface area contributed by atoms with Crippen molar-refractivity contribution in [2.24, 2.45) is 0 Å². The Bertz CT molecular complexity index is 1190. The first-order chi connectivity index (χ1) is 15.9. The number of carboxylic acids is 1. The molecule has 1 amide bonds. The molecule has 6 nitrogen and oxygen atoms in total. The average Bonchev–Trinajstić information content (AvgIpc) is 2.80. The van der Waals surface area contributed by atoms with E-state index < -0.39 is 11.9 Å². The van der Waals surface area contributed by atoms with Gasteiger partial charge in [-0.2, -0.15) is 0 Å². The van der Waals surface area contributed by atoms with Crippen molar-refractivity contribution in [1.82, 2.24) is 5.32 Å². The van der Waals surface area contributed by atoms with E-state index in [1.165, 1.54) is 6.07 Å². The minimum Gasteiger partial charge on any atom is -0.549 e. The van der Waals surface area contributed by atoms with Crippen LogP contribution in [-0.2, 0) is 11.2 Å². The van der Waals surface area contributed by atoms with Gasteiger partial charge in [0.25, 0.3) is 5.91 Å². The van der Waals surface area contributed by atoms with Gasteiger partial charge in [-0.25, -0.2) is 0 Å². The molecule has 0 saturated heterocycles. The van der Waals surface area contributed by atoms with Gasteiger partial charge in [0.15, 0.2) is 0 Å². The van der Waals surface area contributed by atoms with Crippen LogP contribution in [0.1, 0.15) is 33.8 Å². The van der Waals surface area contributed by atoms with Crippen LogP contribution in [0, 0.1) is 0 Å². The number of carbonyl (C=O) groups excluding carboxylic acids is 2. The second-order valence-electron chi connectivity index (χ2n) is 7.55. The number of fused-ring (bicyclic) bond motifs is 1. The Labute approximate surface area is 229 Å². The van der Waals surface area contributed by atoms with Gasteiger partial charge in [0.05, 0.1) is 11.6 Å². The Morgan fingerprint density at radius 2 is 1.79 bits per heavy atom. The van der Waals surface area contributed by atoms with Crippen LogP contribution >= 0.6 is 23.2 Å². The molecule has 0 aliphatic carbocycles. The number of carboxylic acid groups (broad SMARTS) is 1. The number of hydrogen-bond acceptors (Lipinski definition) is 5. The zero-order valence-electron chi connectivity index (χ0n) is 18.5. The van der Waals surface area contributed by atoms with Gasteiger partial charge in [-0.3, -0.25) is 4.79 Å². The van der Waals surface area contributed by atoms with Gasteiger partial charge in [-0.15, -0.1) is 0 Å². The van der Waals surface area contributed by atoms with Crippen molar-refractivity contribution >= 4 is 35.1 Å². The molecule has 34 heavy (non-hydrogen) atoms. The van der Waals surface area contributed by atoms with Crippen molar-refractivity contribution in [2.75, 3.05) is 13.2 Å². The monoisotopic (exact) mass is 507 g/mol. The van der Waals surface area contributed by atoms with Crippen LogP contribution in [0.5, 0.6) is 17.2 Å². The normalized spacial score (nSPS) is 14.2. The number of benzene rings is 3. The van der Waals surface area contributed by atoms with Gasteiger partial charge in [-0.05, 0) is 54.8 Å². The van der Waals surface area contributed by atoms with Gasteiger partial charge in [0.2, 0.25) is 0 Å². The zero-order chi connectivity index (χ0) is 23.4. The van der Waals surface area contributed by atoms with E-state index in [2.05, 4.69) is 5.32 Å². The summed E-state index contributed by atoms with van der Waals surface area (Å²) in [6, 6.07) is 17.2. The summed E-state index contributed by atoms with van der Waals surface area (Å²) >= 11 is 12.5. The first-order valence-corrected chi connectivity index (χ1v) is 11.1. The van der Waals surface area contributed by atoms with Crippen LogP contribution in [0.2, 0.25) is 10.0 Å². The van der Waals surface area contributed by atoms with Crippen molar-refractivity contribution < 1.29 is 53.7 Å². The maximum Gasteiger partial charge on any atom is 1.00 e. The molecule has 3 aromatic carbocycles. The first-order valence-electron chi connectivity index (χ1n) is 10.4. The molecule has 3 aromatic rings. The molecule has 0 bridgehead atoms. The largest absolute Gasteiger partial charge is 1.00 e. The molecule has 170 valence electrons. The Morgan fingerprint density at radius 1 is 1.06 bits per heavy atom. The van der Waals surface area contributed by atoms with Gasteiger partial charge < -0.3 is 24.7 Å². The quantitative estimate of drug-likeness (QED) is 0.488. The van der Waals surface area contributed by atoms with Crippen LogP contribution in [0.25, 0.3) is 0 Å². The molecular formula is C25H20Cl2NNaO5. The summed E-state index contributed by atoms with van der Waals surface area (Å²) in [6.45, 7) is 0.728. The molecule has 1 N–H and O–H groups in total. The van der Waals surface area contributed by atoms with E-state index >= 15 is 0 Å². The fourth-order valence-electron chi connectivity index (χ4n) is 3.63. The molecule has 1 unspecified atom stereocenters. The number of carbonyl (C=O) groups is 2. The maximum absolute atomic E-state index is 12.4. The Morgan fingerprint density at radius 3 is 2.50 bits per heavy atom. The standard InChI is InChI=1S/C25H21Cl2NO5.Na/c26-20-4-2-1-3-15(20)9-11-28-24(29)16-5-7-17(8-6-16)33-23-14-22-19(13-21(23)27)18(25(30)31)10-12-32-22;/h1-8,13-14,18H,9-12H2,(H,28,29)(H,30,31);/q;+1/p-1. The van der Waals surface area contributed by atoms with Gasteiger partial charge >= 0.3 is 29.6 Å². The van der Waals surface area contributed by atoms with Crippen LogP contribution in [0.4, 0.5) is 0 Å². The molecule has 0 fully saturated rings. The summed E-state index contributed by atoms with van der Waals surface area (Å²) in [5.41, 5.74) is 1.93. The van der Waals surface area contributed by atoms with Crippen molar-refractivity contribution in [3.05, 3.63) is 87.4 Å². The third kappa shape index (κ3) is 6.26.